The number of hydrogen-bond acceptors (Lipinski definition) is 6. The fourth-order valence-corrected chi connectivity index (χ4v) is 2.32. The molecule has 1 aromatic carbocycles. The number of aromatic nitrogens is 2. The van der Waals surface area contributed by atoms with Crippen LogP contribution in [0.1, 0.15) is 5.56 Å². The highest BCUT2D eigenvalue weighted by Gasteiger charge is 2.12. The van der Waals surface area contributed by atoms with Gasteiger partial charge in [-0.25, -0.2) is 0 Å². The molecule has 0 atom stereocenters. The van der Waals surface area contributed by atoms with Crippen LogP contribution in [-0.4, -0.2) is 22.8 Å². The van der Waals surface area contributed by atoms with Gasteiger partial charge in [-0.3, -0.25) is 15.1 Å². The Morgan fingerprint density at radius 2 is 2.00 bits per heavy atom. The number of nitrogens with zero attached hydrogens (tertiary/aromatic N) is 2. The highest BCUT2D eigenvalue weighted by molar-refractivity contribution is 6.01. The van der Waals surface area contributed by atoms with E-state index < -0.39 is 0 Å². The molecule has 3 aromatic rings. The second-order valence-electron chi connectivity index (χ2n) is 5.23. The van der Waals surface area contributed by atoms with Gasteiger partial charge in [0.05, 0.1) is 5.69 Å². The number of hydrogen-bond donors (Lipinski definition) is 1. The number of ether oxygens (including phenoxy) is 2. The Bertz CT molecular complexity index is 935. The minimum atomic E-state index is -0.332. The molecule has 1 aliphatic heterocycles. The van der Waals surface area contributed by atoms with Crippen LogP contribution in [0.3, 0.4) is 0 Å². The van der Waals surface area contributed by atoms with Crippen molar-refractivity contribution in [3.63, 3.8) is 0 Å². The topological polar surface area (TPSA) is 86.5 Å². The molecule has 0 unspecified atom stereocenters. The molecule has 0 spiro atoms. The average molecular weight is 335 g/mol. The van der Waals surface area contributed by atoms with Crippen LogP contribution in [0, 0.1) is 0 Å². The van der Waals surface area contributed by atoms with Crippen molar-refractivity contribution in [2.75, 3.05) is 12.1 Å². The standard InChI is InChI=1S/C18H13N3O4/c22-17(7-5-12-4-6-15-16(9-12)24-11-23-15)20-18-10-14(21-25-18)13-3-1-2-8-19-13/h1-10H,11H2,(H,20,22)/b7-5+. The van der Waals surface area contributed by atoms with E-state index in [0.29, 0.717) is 22.9 Å². The van der Waals surface area contributed by atoms with E-state index in [-0.39, 0.29) is 18.6 Å². The molecular weight excluding hydrogens is 322 g/mol. The Balaban J connectivity index is 1.41. The van der Waals surface area contributed by atoms with Gasteiger partial charge in [-0.05, 0) is 35.9 Å². The van der Waals surface area contributed by atoms with Crippen molar-refractivity contribution < 1.29 is 18.8 Å². The summed E-state index contributed by atoms with van der Waals surface area (Å²) in [5.74, 6) is 1.28. The summed E-state index contributed by atoms with van der Waals surface area (Å²) < 4.78 is 15.7. The Morgan fingerprint density at radius 1 is 1.08 bits per heavy atom. The third-order valence-corrected chi connectivity index (χ3v) is 3.51. The SMILES string of the molecule is O=C(/C=C/c1ccc2c(c1)OCO2)Nc1cc(-c2ccccn2)no1. The first-order valence-electron chi connectivity index (χ1n) is 7.55. The number of anilines is 1. The monoisotopic (exact) mass is 335 g/mol. The number of fused-ring (bicyclic) bond motifs is 1. The molecule has 1 N–H and O–H groups in total. The minimum absolute atomic E-state index is 0.215. The van der Waals surface area contributed by atoms with Crippen LogP contribution in [0.15, 0.2) is 59.3 Å². The number of benzene rings is 1. The molecule has 4 rings (SSSR count). The van der Waals surface area contributed by atoms with Crippen molar-refractivity contribution in [3.05, 3.63) is 60.3 Å². The van der Waals surface area contributed by atoms with E-state index in [0.717, 1.165) is 5.56 Å². The zero-order valence-electron chi connectivity index (χ0n) is 13.0. The van der Waals surface area contributed by atoms with Gasteiger partial charge in [0, 0.05) is 18.3 Å². The van der Waals surface area contributed by atoms with Crippen molar-refractivity contribution in [2.24, 2.45) is 0 Å². The average Bonchev–Trinajstić information content (AvgIpc) is 3.29. The fraction of sp³-hybridized carbons (Fsp3) is 0.0556. The van der Waals surface area contributed by atoms with Gasteiger partial charge in [0.15, 0.2) is 11.5 Å². The smallest absolute Gasteiger partial charge is 0.250 e. The van der Waals surface area contributed by atoms with Gasteiger partial charge in [0.1, 0.15) is 5.69 Å². The van der Waals surface area contributed by atoms with E-state index in [2.05, 4.69) is 15.5 Å². The molecule has 124 valence electrons. The first-order valence-corrected chi connectivity index (χ1v) is 7.55. The molecule has 3 heterocycles. The summed E-state index contributed by atoms with van der Waals surface area (Å²) in [6, 6.07) is 12.5. The van der Waals surface area contributed by atoms with Crippen LogP contribution >= 0.6 is 0 Å². The van der Waals surface area contributed by atoms with Gasteiger partial charge in [0.2, 0.25) is 12.7 Å². The Labute approximate surface area is 142 Å². The number of amides is 1. The number of nitrogens with one attached hydrogen (secondary N) is 1. The Kier molecular flexibility index (Phi) is 3.88. The summed E-state index contributed by atoms with van der Waals surface area (Å²) in [6.45, 7) is 0.215. The van der Waals surface area contributed by atoms with Crippen LogP contribution < -0.4 is 14.8 Å². The van der Waals surface area contributed by atoms with Crippen molar-refractivity contribution in [2.45, 2.75) is 0 Å². The highest BCUT2D eigenvalue weighted by Crippen LogP contribution is 2.32. The summed E-state index contributed by atoms with van der Waals surface area (Å²) in [5.41, 5.74) is 2.05. The molecule has 7 heteroatoms. The lowest BCUT2D eigenvalue weighted by Crippen LogP contribution is -2.06. The summed E-state index contributed by atoms with van der Waals surface area (Å²) in [6.07, 6.45) is 4.74. The third kappa shape index (κ3) is 3.35. The molecule has 25 heavy (non-hydrogen) atoms. The van der Waals surface area contributed by atoms with Crippen molar-refractivity contribution in [1.29, 1.82) is 0 Å². The summed E-state index contributed by atoms with van der Waals surface area (Å²) in [7, 11) is 0. The van der Waals surface area contributed by atoms with Gasteiger partial charge in [0.25, 0.3) is 5.91 Å². The van der Waals surface area contributed by atoms with Gasteiger partial charge >= 0.3 is 0 Å². The summed E-state index contributed by atoms with van der Waals surface area (Å²) in [5, 5.41) is 6.51. The van der Waals surface area contributed by atoms with Crippen molar-refractivity contribution in [1.82, 2.24) is 10.1 Å². The first kappa shape index (κ1) is 14.9. The lowest BCUT2D eigenvalue weighted by Gasteiger charge is -1.98. The van der Waals surface area contributed by atoms with Crippen LogP contribution in [0.4, 0.5) is 5.88 Å². The lowest BCUT2D eigenvalue weighted by molar-refractivity contribution is -0.112. The molecule has 0 aliphatic carbocycles. The molecule has 1 aliphatic rings. The molecule has 0 radical (unpaired) electrons. The predicted octanol–water partition coefficient (Wildman–Crippen LogP) is 3.12. The number of carbonyl (C=O) groups is 1. The van der Waals surface area contributed by atoms with Gasteiger partial charge < -0.3 is 14.0 Å². The maximum Gasteiger partial charge on any atom is 0.250 e. The highest BCUT2D eigenvalue weighted by atomic mass is 16.7. The maximum absolute atomic E-state index is 12.0. The zero-order valence-corrected chi connectivity index (χ0v) is 13.0. The van der Waals surface area contributed by atoms with E-state index in [9.17, 15) is 4.79 Å². The van der Waals surface area contributed by atoms with Gasteiger partial charge in [-0.1, -0.05) is 17.3 Å². The molecule has 0 saturated carbocycles. The predicted molar refractivity (Wildman–Crippen MR) is 90.0 cm³/mol. The molecule has 0 bridgehead atoms. The van der Waals surface area contributed by atoms with E-state index in [4.69, 9.17) is 14.0 Å². The molecule has 0 fully saturated rings. The van der Waals surface area contributed by atoms with Crippen LogP contribution in [0.2, 0.25) is 0 Å². The van der Waals surface area contributed by atoms with Gasteiger partial charge in [-0.2, -0.15) is 0 Å². The first-order chi connectivity index (χ1) is 12.3. The van der Waals surface area contributed by atoms with E-state index in [1.54, 1.807) is 30.5 Å². The minimum Gasteiger partial charge on any atom is -0.454 e. The molecule has 7 nitrogen and oxygen atoms in total. The van der Waals surface area contributed by atoms with E-state index in [1.165, 1.54) is 6.08 Å². The Morgan fingerprint density at radius 3 is 2.88 bits per heavy atom. The second-order valence-corrected chi connectivity index (χ2v) is 5.23. The Hall–Kier alpha value is -3.61. The molecular formula is C18H13N3O4. The van der Waals surface area contributed by atoms with Crippen molar-refractivity contribution >= 4 is 17.9 Å². The zero-order chi connectivity index (χ0) is 17.1. The van der Waals surface area contributed by atoms with E-state index >= 15 is 0 Å². The summed E-state index contributed by atoms with van der Waals surface area (Å²) in [4.78, 5) is 16.2. The number of carbonyl (C=O) groups excluding carboxylic acids is 1. The van der Waals surface area contributed by atoms with Crippen LogP contribution in [0.5, 0.6) is 11.5 Å². The molecule has 1 amide bonds. The number of pyridine rings is 1. The molecule has 0 saturated heterocycles. The van der Waals surface area contributed by atoms with E-state index in [1.807, 2.05) is 24.3 Å². The van der Waals surface area contributed by atoms with Crippen molar-refractivity contribution in [3.8, 4) is 22.9 Å². The van der Waals surface area contributed by atoms with Crippen LogP contribution in [0.25, 0.3) is 17.5 Å². The quantitative estimate of drug-likeness (QED) is 0.737. The third-order valence-electron chi connectivity index (χ3n) is 3.51. The molecule has 2 aromatic heterocycles. The van der Waals surface area contributed by atoms with Crippen LogP contribution in [-0.2, 0) is 4.79 Å². The number of rotatable bonds is 4. The fourth-order valence-electron chi connectivity index (χ4n) is 2.32. The normalized spacial score (nSPS) is 12.5. The summed E-state index contributed by atoms with van der Waals surface area (Å²) >= 11 is 0. The lowest BCUT2D eigenvalue weighted by atomic mass is 10.2. The van der Waals surface area contributed by atoms with Gasteiger partial charge in [-0.15, -0.1) is 0 Å². The maximum atomic E-state index is 12.0. The largest absolute Gasteiger partial charge is 0.454 e. The second kappa shape index (κ2) is 6.48.